The van der Waals surface area contributed by atoms with Gasteiger partial charge in [0.1, 0.15) is 5.82 Å². The number of hydrogen-bond acceptors (Lipinski definition) is 4. The first kappa shape index (κ1) is 21.6. The van der Waals surface area contributed by atoms with Crippen molar-refractivity contribution in [2.45, 2.75) is 25.9 Å². The van der Waals surface area contributed by atoms with Crippen LogP contribution in [0.3, 0.4) is 0 Å². The number of carbonyl (C=O) groups is 1. The number of nitrogens with zero attached hydrogens (tertiary/aromatic N) is 3. The van der Waals surface area contributed by atoms with E-state index in [9.17, 15) is 9.18 Å². The van der Waals surface area contributed by atoms with E-state index >= 15 is 0 Å². The Kier molecular flexibility index (Phi) is 6.16. The molecule has 0 saturated heterocycles. The Labute approximate surface area is 196 Å². The standard InChI is InChI=1S/C27H23FN4O2/c28-22-11-9-21(10-12-22)25-16-30-27(34-25)14-13-26(33)29-15-19-5-7-20(8-6-19)17-32-18-31-23-3-1-2-4-24(23)32/h1-12,16,18H,13-15,17H2,(H,29,33). The van der Waals surface area contributed by atoms with E-state index in [0.29, 0.717) is 24.6 Å². The van der Waals surface area contributed by atoms with Crippen molar-refractivity contribution in [3.63, 3.8) is 0 Å². The number of para-hydroxylation sites is 2. The second-order valence-electron chi connectivity index (χ2n) is 8.08. The summed E-state index contributed by atoms with van der Waals surface area (Å²) in [7, 11) is 0. The van der Waals surface area contributed by atoms with Gasteiger partial charge >= 0.3 is 0 Å². The third-order valence-electron chi connectivity index (χ3n) is 5.64. The lowest BCUT2D eigenvalue weighted by Gasteiger charge is -2.08. The summed E-state index contributed by atoms with van der Waals surface area (Å²) in [5.41, 5.74) is 5.03. The molecule has 0 spiro atoms. The minimum Gasteiger partial charge on any atom is -0.441 e. The monoisotopic (exact) mass is 454 g/mol. The SMILES string of the molecule is O=C(CCc1ncc(-c2ccc(F)cc2)o1)NCc1ccc(Cn2cnc3ccccc32)cc1. The van der Waals surface area contributed by atoms with Crippen molar-refractivity contribution in [2.24, 2.45) is 0 Å². The Morgan fingerprint density at radius 1 is 0.941 bits per heavy atom. The highest BCUT2D eigenvalue weighted by Gasteiger charge is 2.09. The molecule has 0 unspecified atom stereocenters. The van der Waals surface area contributed by atoms with Crippen LogP contribution in [0.1, 0.15) is 23.4 Å². The van der Waals surface area contributed by atoms with Gasteiger partial charge in [0.25, 0.3) is 0 Å². The first-order valence-electron chi connectivity index (χ1n) is 11.1. The van der Waals surface area contributed by atoms with Gasteiger partial charge in [-0.15, -0.1) is 0 Å². The van der Waals surface area contributed by atoms with Gasteiger partial charge in [0.2, 0.25) is 5.91 Å². The van der Waals surface area contributed by atoms with E-state index in [1.165, 1.54) is 17.7 Å². The minimum absolute atomic E-state index is 0.0736. The van der Waals surface area contributed by atoms with Gasteiger partial charge in [-0.25, -0.2) is 14.4 Å². The third-order valence-corrected chi connectivity index (χ3v) is 5.64. The second-order valence-corrected chi connectivity index (χ2v) is 8.08. The number of benzene rings is 3. The molecule has 0 saturated carbocycles. The van der Waals surface area contributed by atoms with Crippen LogP contribution in [0.15, 0.2) is 89.7 Å². The summed E-state index contributed by atoms with van der Waals surface area (Å²) in [6.45, 7) is 1.20. The molecule has 2 aromatic heterocycles. The van der Waals surface area contributed by atoms with E-state index in [2.05, 4.69) is 38.1 Å². The Balaban J connectivity index is 1.10. The summed E-state index contributed by atoms with van der Waals surface area (Å²) >= 11 is 0. The minimum atomic E-state index is -0.304. The Bertz CT molecular complexity index is 1400. The number of nitrogens with one attached hydrogen (secondary N) is 1. The van der Waals surface area contributed by atoms with Crippen LogP contribution in [0.5, 0.6) is 0 Å². The van der Waals surface area contributed by atoms with Crippen LogP contribution in [0.2, 0.25) is 0 Å². The van der Waals surface area contributed by atoms with E-state index < -0.39 is 0 Å². The van der Waals surface area contributed by atoms with Crippen molar-refractivity contribution in [1.82, 2.24) is 19.9 Å². The summed E-state index contributed by atoms with van der Waals surface area (Å²) in [4.78, 5) is 20.9. The summed E-state index contributed by atoms with van der Waals surface area (Å²) < 4.78 is 20.9. The number of aromatic nitrogens is 3. The second kappa shape index (κ2) is 9.70. The van der Waals surface area contributed by atoms with Crippen molar-refractivity contribution in [3.8, 4) is 11.3 Å². The van der Waals surface area contributed by atoms with Crippen molar-refractivity contribution in [1.29, 1.82) is 0 Å². The van der Waals surface area contributed by atoms with Crippen LogP contribution in [0, 0.1) is 5.82 Å². The lowest BCUT2D eigenvalue weighted by Crippen LogP contribution is -2.23. The maximum Gasteiger partial charge on any atom is 0.220 e. The molecule has 170 valence electrons. The molecular formula is C27H23FN4O2. The van der Waals surface area contributed by atoms with E-state index in [0.717, 1.165) is 28.7 Å². The zero-order valence-electron chi connectivity index (χ0n) is 18.4. The van der Waals surface area contributed by atoms with Crippen LogP contribution < -0.4 is 5.32 Å². The number of fused-ring (bicyclic) bond motifs is 1. The Morgan fingerprint density at radius 3 is 2.53 bits per heavy atom. The molecule has 0 aliphatic heterocycles. The molecule has 3 aromatic carbocycles. The quantitative estimate of drug-likeness (QED) is 0.353. The zero-order valence-corrected chi connectivity index (χ0v) is 18.4. The van der Waals surface area contributed by atoms with Crippen molar-refractivity contribution in [3.05, 3.63) is 108 Å². The summed E-state index contributed by atoms with van der Waals surface area (Å²) in [6, 6.07) is 22.3. The van der Waals surface area contributed by atoms with Gasteiger partial charge in [-0.1, -0.05) is 36.4 Å². The third kappa shape index (κ3) is 5.04. The van der Waals surface area contributed by atoms with Crippen molar-refractivity contribution >= 4 is 16.9 Å². The van der Waals surface area contributed by atoms with Gasteiger partial charge in [-0.2, -0.15) is 0 Å². The number of rotatable bonds is 8. The number of oxazole rings is 1. The average Bonchev–Trinajstić information content (AvgIpc) is 3.50. The molecule has 0 aliphatic carbocycles. The molecule has 34 heavy (non-hydrogen) atoms. The first-order chi connectivity index (χ1) is 16.6. The maximum atomic E-state index is 13.1. The molecule has 0 fully saturated rings. The summed E-state index contributed by atoms with van der Waals surface area (Å²) in [6.07, 6.45) is 4.11. The molecule has 5 rings (SSSR count). The highest BCUT2D eigenvalue weighted by Crippen LogP contribution is 2.21. The van der Waals surface area contributed by atoms with Crippen molar-refractivity contribution in [2.75, 3.05) is 0 Å². The normalized spacial score (nSPS) is 11.1. The maximum absolute atomic E-state index is 13.1. The van der Waals surface area contributed by atoms with Crippen LogP contribution in [0.4, 0.5) is 4.39 Å². The highest BCUT2D eigenvalue weighted by atomic mass is 19.1. The van der Waals surface area contributed by atoms with Gasteiger partial charge < -0.3 is 14.3 Å². The fourth-order valence-electron chi connectivity index (χ4n) is 3.78. The number of carbonyl (C=O) groups excluding carboxylic acids is 1. The van der Waals surface area contributed by atoms with Crippen LogP contribution in [0.25, 0.3) is 22.4 Å². The van der Waals surface area contributed by atoms with E-state index in [-0.39, 0.29) is 18.1 Å². The summed E-state index contributed by atoms with van der Waals surface area (Å²) in [5, 5.41) is 2.94. The number of hydrogen-bond donors (Lipinski definition) is 1. The smallest absolute Gasteiger partial charge is 0.220 e. The van der Waals surface area contributed by atoms with E-state index in [4.69, 9.17) is 4.42 Å². The lowest BCUT2D eigenvalue weighted by atomic mass is 10.1. The van der Waals surface area contributed by atoms with Crippen molar-refractivity contribution < 1.29 is 13.6 Å². The predicted octanol–water partition coefficient (Wildman–Crippen LogP) is 5.13. The van der Waals surface area contributed by atoms with Crippen LogP contribution >= 0.6 is 0 Å². The molecule has 0 aliphatic rings. The Morgan fingerprint density at radius 2 is 1.71 bits per heavy atom. The number of imidazole rings is 1. The van der Waals surface area contributed by atoms with E-state index in [1.807, 2.05) is 36.7 Å². The van der Waals surface area contributed by atoms with Gasteiger partial charge in [0, 0.05) is 31.5 Å². The Hall–Kier alpha value is -4.26. The average molecular weight is 455 g/mol. The van der Waals surface area contributed by atoms with Gasteiger partial charge in [0.05, 0.1) is 23.6 Å². The molecule has 0 atom stereocenters. The van der Waals surface area contributed by atoms with E-state index in [1.54, 1.807) is 18.3 Å². The highest BCUT2D eigenvalue weighted by molar-refractivity contribution is 5.76. The fourth-order valence-corrected chi connectivity index (χ4v) is 3.78. The lowest BCUT2D eigenvalue weighted by molar-refractivity contribution is -0.121. The molecule has 1 N–H and O–H groups in total. The number of amides is 1. The number of halogens is 1. The van der Waals surface area contributed by atoms with Gasteiger partial charge in [-0.3, -0.25) is 4.79 Å². The molecule has 0 bridgehead atoms. The van der Waals surface area contributed by atoms with Gasteiger partial charge in [-0.05, 0) is 47.5 Å². The molecular weight excluding hydrogens is 431 g/mol. The predicted molar refractivity (Wildman–Crippen MR) is 127 cm³/mol. The molecule has 5 aromatic rings. The molecule has 6 nitrogen and oxygen atoms in total. The molecule has 0 radical (unpaired) electrons. The van der Waals surface area contributed by atoms with Crippen LogP contribution in [-0.2, 0) is 24.3 Å². The summed E-state index contributed by atoms with van der Waals surface area (Å²) in [5.74, 6) is 0.655. The molecule has 2 heterocycles. The topological polar surface area (TPSA) is 73.0 Å². The fraction of sp³-hybridized carbons (Fsp3) is 0.148. The first-order valence-corrected chi connectivity index (χ1v) is 11.1. The van der Waals surface area contributed by atoms with Gasteiger partial charge in [0.15, 0.2) is 11.7 Å². The molecule has 7 heteroatoms. The number of aryl methyl sites for hydroxylation is 1. The largest absolute Gasteiger partial charge is 0.441 e. The van der Waals surface area contributed by atoms with Crippen LogP contribution in [-0.4, -0.2) is 20.4 Å². The zero-order chi connectivity index (χ0) is 23.3. The molecule has 1 amide bonds.